The highest BCUT2D eigenvalue weighted by Gasteiger charge is 2.71. The second-order valence-corrected chi connectivity index (χ2v) is 5.75. The molecule has 1 fully saturated rings. The van der Waals surface area contributed by atoms with Crippen molar-refractivity contribution in [3.05, 3.63) is 65.7 Å². The Hall–Kier alpha value is -2.28. The highest BCUT2D eigenvalue weighted by Crippen LogP contribution is 2.49. The molecule has 1 aliphatic carbocycles. The van der Waals surface area contributed by atoms with Crippen LogP contribution in [0.15, 0.2) is 54.6 Å². The van der Waals surface area contributed by atoms with Gasteiger partial charge in [0.25, 0.3) is 5.72 Å². The number of fused-ring (bicyclic) bond motifs is 3. The van der Waals surface area contributed by atoms with Crippen molar-refractivity contribution in [3.63, 3.8) is 0 Å². The zero-order valence-corrected chi connectivity index (χ0v) is 12.2. The van der Waals surface area contributed by atoms with Crippen LogP contribution in [-0.2, 0) is 5.72 Å². The fourth-order valence-corrected chi connectivity index (χ4v) is 3.58. The minimum atomic E-state index is -2.20. The molecule has 0 amide bonds. The van der Waals surface area contributed by atoms with E-state index in [4.69, 9.17) is 12.2 Å². The van der Waals surface area contributed by atoms with Crippen LogP contribution in [0.25, 0.3) is 0 Å². The smallest absolute Gasteiger partial charge is 0.262 e. The topological polar surface area (TPSA) is 72.8 Å². The molecule has 0 radical (unpaired) electrons. The summed E-state index contributed by atoms with van der Waals surface area (Å²) in [4.78, 5) is 14.1. The highest BCUT2D eigenvalue weighted by atomic mass is 32.1. The van der Waals surface area contributed by atoms with Crippen molar-refractivity contribution in [2.75, 3.05) is 4.90 Å². The first-order valence-electron chi connectivity index (χ1n) is 6.76. The number of nitrogens with one attached hydrogen (secondary N) is 1. The molecule has 110 valence electrons. The van der Waals surface area contributed by atoms with Crippen molar-refractivity contribution in [2.24, 2.45) is 0 Å². The summed E-state index contributed by atoms with van der Waals surface area (Å²) < 4.78 is 0. The quantitative estimate of drug-likeness (QED) is 0.685. The van der Waals surface area contributed by atoms with Crippen molar-refractivity contribution >= 4 is 28.8 Å². The van der Waals surface area contributed by atoms with Crippen LogP contribution in [0.4, 0.5) is 5.69 Å². The molecule has 5 nitrogen and oxygen atoms in total. The highest BCUT2D eigenvalue weighted by molar-refractivity contribution is 7.80. The van der Waals surface area contributed by atoms with E-state index in [1.807, 2.05) is 6.07 Å². The number of carbonyl (C=O) groups is 1. The van der Waals surface area contributed by atoms with E-state index in [0.29, 0.717) is 11.3 Å². The summed E-state index contributed by atoms with van der Waals surface area (Å²) in [7, 11) is 0. The predicted molar refractivity (Wildman–Crippen MR) is 84.3 cm³/mol. The zero-order chi connectivity index (χ0) is 15.5. The minimum absolute atomic E-state index is 0.0963. The van der Waals surface area contributed by atoms with Crippen LogP contribution in [0.3, 0.4) is 0 Å². The molecular weight excluding hydrogens is 300 g/mol. The number of para-hydroxylation sites is 1. The maximum Gasteiger partial charge on any atom is 0.262 e. The van der Waals surface area contributed by atoms with E-state index in [1.54, 1.807) is 48.5 Å². The number of anilines is 1. The number of carbonyl (C=O) groups excluding carboxylic acids is 1. The average molecular weight is 312 g/mol. The van der Waals surface area contributed by atoms with E-state index in [-0.39, 0.29) is 10.7 Å². The molecule has 2 unspecified atom stereocenters. The van der Waals surface area contributed by atoms with Crippen molar-refractivity contribution in [3.8, 4) is 0 Å². The number of rotatable bonds is 1. The third kappa shape index (κ3) is 1.34. The maximum atomic E-state index is 12.8. The number of nitrogens with zero attached hydrogens (tertiary/aromatic N) is 1. The van der Waals surface area contributed by atoms with E-state index >= 15 is 0 Å². The van der Waals surface area contributed by atoms with Gasteiger partial charge in [-0.15, -0.1) is 0 Å². The van der Waals surface area contributed by atoms with E-state index in [0.717, 1.165) is 0 Å². The van der Waals surface area contributed by atoms with Gasteiger partial charge in [0.15, 0.2) is 5.11 Å². The molecule has 1 aliphatic heterocycles. The lowest BCUT2D eigenvalue weighted by molar-refractivity contribution is -0.112. The van der Waals surface area contributed by atoms with Crippen LogP contribution < -0.4 is 10.2 Å². The largest absolute Gasteiger partial charge is 0.363 e. The molecule has 0 spiro atoms. The molecular formula is C16H12N2O3S. The van der Waals surface area contributed by atoms with Gasteiger partial charge in [0.1, 0.15) is 0 Å². The summed E-state index contributed by atoms with van der Waals surface area (Å²) in [6.07, 6.45) is 0. The van der Waals surface area contributed by atoms with Gasteiger partial charge >= 0.3 is 0 Å². The summed E-state index contributed by atoms with van der Waals surface area (Å²) in [6, 6.07) is 15.4. The Morgan fingerprint density at radius 2 is 1.64 bits per heavy atom. The maximum absolute atomic E-state index is 12.8. The van der Waals surface area contributed by atoms with Crippen LogP contribution in [0, 0.1) is 0 Å². The predicted octanol–water partition coefficient (Wildman–Crippen LogP) is 1.11. The average Bonchev–Trinajstić information content (AvgIpc) is 2.84. The van der Waals surface area contributed by atoms with E-state index in [1.165, 1.54) is 4.90 Å². The van der Waals surface area contributed by atoms with Gasteiger partial charge in [-0.3, -0.25) is 9.69 Å². The fourth-order valence-electron chi connectivity index (χ4n) is 3.19. The molecule has 2 aromatic rings. The standard InChI is InChI=1S/C16H12N2O3S/c19-13-11-8-4-5-9-12(11)15(20)16(13,21)18(14(22)17-15)10-6-2-1-3-7-10/h1-9,20-21H,(H,17,22). The Kier molecular flexibility index (Phi) is 2.51. The lowest BCUT2D eigenvalue weighted by Crippen LogP contribution is -2.60. The summed E-state index contributed by atoms with van der Waals surface area (Å²) in [5.74, 6) is -0.582. The first-order valence-corrected chi connectivity index (χ1v) is 7.17. The number of thiocarbonyl (C=S) groups is 1. The molecule has 1 saturated heterocycles. The van der Waals surface area contributed by atoms with Crippen LogP contribution in [0.1, 0.15) is 15.9 Å². The number of aliphatic hydroxyl groups is 2. The molecule has 6 heteroatoms. The van der Waals surface area contributed by atoms with Gasteiger partial charge in [-0.05, 0) is 24.4 Å². The summed E-state index contributed by atoms with van der Waals surface area (Å²) in [5, 5.41) is 25.0. The molecule has 2 aliphatic rings. The van der Waals surface area contributed by atoms with Gasteiger partial charge in [0.05, 0.1) is 0 Å². The molecule has 0 saturated carbocycles. The Morgan fingerprint density at radius 3 is 2.36 bits per heavy atom. The molecule has 0 aromatic heterocycles. The molecule has 4 rings (SSSR count). The fraction of sp³-hybridized carbons (Fsp3) is 0.125. The van der Waals surface area contributed by atoms with E-state index < -0.39 is 17.2 Å². The third-order valence-corrected chi connectivity index (χ3v) is 4.50. The molecule has 3 N–H and O–H groups in total. The molecule has 0 bridgehead atoms. The van der Waals surface area contributed by atoms with Gasteiger partial charge in [0.2, 0.25) is 11.5 Å². The monoisotopic (exact) mass is 312 g/mol. The number of hydrogen-bond acceptors (Lipinski definition) is 4. The van der Waals surface area contributed by atoms with Gasteiger partial charge in [-0.1, -0.05) is 42.5 Å². The van der Waals surface area contributed by atoms with Crippen LogP contribution in [0.5, 0.6) is 0 Å². The van der Waals surface area contributed by atoms with E-state index in [9.17, 15) is 15.0 Å². The normalized spacial score (nSPS) is 29.3. The van der Waals surface area contributed by atoms with Gasteiger partial charge in [-0.2, -0.15) is 0 Å². The zero-order valence-electron chi connectivity index (χ0n) is 11.4. The van der Waals surface area contributed by atoms with Crippen molar-refractivity contribution < 1.29 is 15.0 Å². The number of ketones is 1. The second kappa shape index (κ2) is 4.13. The van der Waals surface area contributed by atoms with Crippen LogP contribution in [-0.4, -0.2) is 26.8 Å². The van der Waals surface area contributed by atoms with Crippen molar-refractivity contribution in [2.45, 2.75) is 11.4 Å². The van der Waals surface area contributed by atoms with E-state index in [2.05, 4.69) is 5.32 Å². The van der Waals surface area contributed by atoms with Crippen molar-refractivity contribution in [1.29, 1.82) is 0 Å². The lowest BCUT2D eigenvalue weighted by Gasteiger charge is -2.34. The summed E-state index contributed by atoms with van der Waals surface area (Å²) in [6.45, 7) is 0. The minimum Gasteiger partial charge on any atom is -0.363 e. The number of Topliss-reactive ketones (excluding diaryl/α,β-unsaturated/α-hetero) is 1. The van der Waals surface area contributed by atoms with Gasteiger partial charge < -0.3 is 15.5 Å². The number of hydrogen-bond donors (Lipinski definition) is 3. The Bertz CT molecular complexity index is 810. The lowest BCUT2D eigenvalue weighted by atomic mass is 9.99. The molecule has 22 heavy (non-hydrogen) atoms. The van der Waals surface area contributed by atoms with Crippen LogP contribution >= 0.6 is 12.2 Å². The molecule has 1 heterocycles. The Morgan fingerprint density at radius 1 is 1.00 bits per heavy atom. The SMILES string of the molecule is O=C1c2ccccc2C2(O)NC(=S)N(c3ccccc3)C12O. The van der Waals surface area contributed by atoms with Gasteiger partial charge in [0, 0.05) is 16.8 Å². The Labute approximate surface area is 131 Å². The number of benzene rings is 2. The van der Waals surface area contributed by atoms with Crippen LogP contribution in [0.2, 0.25) is 0 Å². The Balaban J connectivity index is 1.97. The summed E-state index contributed by atoms with van der Waals surface area (Å²) in [5.41, 5.74) is -3.03. The summed E-state index contributed by atoms with van der Waals surface area (Å²) >= 11 is 5.25. The second-order valence-electron chi connectivity index (χ2n) is 5.36. The first kappa shape index (κ1) is 13.4. The van der Waals surface area contributed by atoms with Crippen molar-refractivity contribution in [1.82, 2.24) is 5.32 Å². The first-order chi connectivity index (χ1) is 10.5. The third-order valence-electron chi connectivity index (χ3n) is 4.21. The molecule has 2 aromatic carbocycles. The molecule has 2 atom stereocenters. The van der Waals surface area contributed by atoms with Gasteiger partial charge in [-0.25, -0.2) is 0 Å².